The lowest BCUT2D eigenvalue weighted by Crippen LogP contribution is -2.15. The number of hydrogen-bond acceptors (Lipinski definition) is 4. The smallest absolute Gasteiger partial charge is 0.185 e. The summed E-state index contributed by atoms with van der Waals surface area (Å²) in [4.78, 5) is 14.5. The topological polar surface area (TPSA) is 38.8 Å². The second-order valence-electron chi connectivity index (χ2n) is 5.97. The molecule has 0 fully saturated rings. The summed E-state index contributed by atoms with van der Waals surface area (Å²) in [6.45, 7) is 1.60. The number of nitrogens with zero attached hydrogens (tertiary/aromatic N) is 1. The van der Waals surface area contributed by atoms with Crippen LogP contribution in [0.5, 0.6) is 11.5 Å². The van der Waals surface area contributed by atoms with Crippen molar-refractivity contribution in [2.45, 2.75) is 6.42 Å². The zero-order valence-electron chi connectivity index (χ0n) is 15.1. The highest BCUT2D eigenvalue weighted by atomic mass is 16.5. The molecule has 0 radical (unpaired) electrons. The normalized spacial score (nSPS) is 11.0. The van der Waals surface area contributed by atoms with Crippen LogP contribution in [0.25, 0.3) is 6.08 Å². The maximum Gasteiger partial charge on any atom is 0.185 e. The molecule has 25 heavy (non-hydrogen) atoms. The van der Waals surface area contributed by atoms with Gasteiger partial charge in [-0.05, 0) is 50.9 Å². The zero-order valence-corrected chi connectivity index (χ0v) is 15.1. The number of allylic oxidation sites excluding steroid dienone is 1. The number of benzene rings is 2. The molecule has 0 aromatic heterocycles. The molecule has 0 heterocycles. The third kappa shape index (κ3) is 6.08. The van der Waals surface area contributed by atoms with Crippen molar-refractivity contribution in [1.29, 1.82) is 0 Å². The number of rotatable bonds is 9. The van der Waals surface area contributed by atoms with Crippen LogP contribution in [0.15, 0.2) is 54.6 Å². The van der Waals surface area contributed by atoms with Gasteiger partial charge in [0.15, 0.2) is 5.78 Å². The van der Waals surface area contributed by atoms with Crippen LogP contribution in [0.4, 0.5) is 0 Å². The van der Waals surface area contributed by atoms with Crippen LogP contribution in [0.3, 0.4) is 0 Å². The number of carbonyl (C=O) groups is 1. The van der Waals surface area contributed by atoms with Crippen LogP contribution in [0, 0.1) is 0 Å². The van der Waals surface area contributed by atoms with Gasteiger partial charge in [-0.3, -0.25) is 4.79 Å². The fourth-order valence-corrected chi connectivity index (χ4v) is 2.38. The Hall–Kier alpha value is -2.59. The van der Waals surface area contributed by atoms with Gasteiger partial charge in [0.1, 0.15) is 11.5 Å². The molecular formula is C21H25NO3. The number of carbonyl (C=O) groups excluding carboxylic acids is 1. The van der Waals surface area contributed by atoms with Crippen LogP contribution >= 0.6 is 0 Å². The minimum Gasteiger partial charge on any atom is -0.496 e. The lowest BCUT2D eigenvalue weighted by molar-refractivity contribution is 0.104. The number of para-hydroxylation sites is 1. The highest BCUT2D eigenvalue weighted by molar-refractivity contribution is 6.07. The highest BCUT2D eigenvalue weighted by Crippen LogP contribution is 2.20. The molecule has 2 aromatic carbocycles. The van der Waals surface area contributed by atoms with Crippen molar-refractivity contribution in [3.63, 3.8) is 0 Å². The van der Waals surface area contributed by atoms with Crippen molar-refractivity contribution < 1.29 is 14.3 Å². The van der Waals surface area contributed by atoms with Crippen molar-refractivity contribution in [2.75, 3.05) is 34.4 Å². The molecule has 132 valence electrons. The summed E-state index contributed by atoms with van der Waals surface area (Å²) in [6.07, 6.45) is 4.27. The van der Waals surface area contributed by atoms with Gasteiger partial charge >= 0.3 is 0 Å². The number of hydrogen-bond donors (Lipinski definition) is 0. The van der Waals surface area contributed by atoms with E-state index in [4.69, 9.17) is 9.47 Å². The van der Waals surface area contributed by atoms with Crippen molar-refractivity contribution in [2.24, 2.45) is 0 Å². The standard InChI is InChI=1S/C21H25NO3/c1-22(2)14-7-15-25-19-10-6-9-18(16-19)20(23)13-12-17-8-4-5-11-21(17)24-3/h4-6,8-13,16H,7,14-15H2,1-3H3. The van der Waals surface area contributed by atoms with E-state index in [0.29, 0.717) is 12.2 Å². The van der Waals surface area contributed by atoms with E-state index >= 15 is 0 Å². The van der Waals surface area contributed by atoms with Gasteiger partial charge in [0.25, 0.3) is 0 Å². The second kappa shape index (κ2) is 9.64. The molecule has 4 nitrogen and oxygen atoms in total. The first-order valence-corrected chi connectivity index (χ1v) is 8.33. The van der Waals surface area contributed by atoms with Gasteiger partial charge < -0.3 is 14.4 Å². The SMILES string of the molecule is COc1ccccc1C=CC(=O)c1cccc(OCCCN(C)C)c1. The monoisotopic (exact) mass is 339 g/mol. The Morgan fingerprint density at radius 2 is 1.92 bits per heavy atom. The van der Waals surface area contributed by atoms with E-state index in [9.17, 15) is 4.79 Å². The van der Waals surface area contributed by atoms with Crippen LogP contribution in [-0.4, -0.2) is 45.0 Å². The molecule has 0 aliphatic carbocycles. The Morgan fingerprint density at radius 1 is 1.12 bits per heavy atom. The molecule has 0 saturated carbocycles. The second-order valence-corrected chi connectivity index (χ2v) is 5.97. The third-order valence-electron chi connectivity index (χ3n) is 3.69. The molecule has 0 N–H and O–H groups in total. The maximum absolute atomic E-state index is 12.4. The molecule has 0 saturated heterocycles. The number of methoxy groups -OCH3 is 1. The molecule has 2 rings (SSSR count). The zero-order chi connectivity index (χ0) is 18.1. The number of ether oxygens (including phenoxy) is 2. The summed E-state index contributed by atoms with van der Waals surface area (Å²) in [7, 11) is 5.69. The van der Waals surface area contributed by atoms with Crippen molar-refractivity contribution >= 4 is 11.9 Å². The molecule has 0 bridgehead atoms. The molecule has 0 aliphatic rings. The maximum atomic E-state index is 12.4. The van der Waals surface area contributed by atoms with Crippen LogP contribution in [-0.2, 0) is 0 Å². The first-order chi connectivity index (χ1) is 12.1. The average Bonchev–Trinajstić information content (AvgIpc) is 2.63. The summed E-state index contributed by atoms with van der Waals surface area (Å²) in [5.74, 6) is 1.39. The summed E-state index contributed by atoms with van der Waals surface area (Å²) in [6, 6.07) is 14.9. The molecule has 0 amide bonds. The Kier molecular flexibility index (Phi) is 7.23. The quantitative estimate of drug-likeness (QED) is 0.394. The minimum atomic E-state index is -0.0651. The van der Waals surface area contributed by atoms with Gasteiger partial charge in [-0.15, -0.1) is 0 Å². The molecule has 4 heteroatoms. The van der Waals surface area contributed by atoms with Gasteiger partial charge in [0, 0.05) is 17.7 Å². The fraction of sp³-hybridized carbons (Fsp3) is 0.286. The summed E-state index contributed by atoms with van der Waals surface area (Å²) in [5.41, 5.74) is 1.48. The highest BCUT2D eigenvalue weighted by Gasteiger charge is 2.05. The molecule has 2 aromatic rings. The molecule has 0 atom stereocenters. The summed E-state index contributed by atoms with van der Waals surface area (Å²) >= 11 is 0. The van der Waals surface area contributed by atoms with E-state index in [1.54, 1.807) is 31.4 Å². The van der Waals surface area contributed by atoms with Crippen molar-refractivity contribution in [3.8, 4) is 11.5 Å². The van der Waals surface area contributed by atoms with E-state index in [2.05, 4.69) is 4.90 Å². The minimum absolute atomic E-state index is 0.0651. The van der Waals surface area contributed by atoms with Gasteiger partial charge in [0.05, 0.1) is 13.7 Å². The van der Waals surface area contributed by atoms with Gasteiger partial charge in [-0.25, -0.2) is 0 Å². The Balaban J connectivity index is 1.99. The Labute approximate surface area is 149 Å². The van der Waals surface area contributed by atoms with Crippen LogP contribution in [0.1, 0.15) is 22.3 Å². The molecule has 0 aliphatic heterocycles. The van der Waals surface area contributed by atoms with Crippen LogP contribution < -0.4 is 9.47 Å². The summed E-state index contributed by atoms with van der Waals surface area (Å²) in [5, 5.41) is 0. The fourth-order valence-electron chi connectivity index (χ4n) is 2.38. The predicted octanol–water partition coefficient (Wildman–Crippen LogP) is 3.92. The van der Waals surface area contributed by atoms with Crippen molar-refractivity contribution in [3.05, 3.63) is 65.7 Å². The lowest BCUT2D eigenvalue weighted by atomic mass is 10.1. The van der Waals surface area contributed by atoms with E-state index < -0.39 is 0 Å². The predicted molar refractivity (Wildman–Crippen MR) is 101 cm³/mol. The molecule has 0 spiro atoms. The van der Waals surface area contributed by atoms with Gasteiger partial charge in [0.2, 0.25) is 0 Å². The lowest BCUT2D eigenvalue weighted by Gasteiger charge is -2.10. The number of ketones is 1. The molecular weight excluding hydrogens is 314 g/mol. The van der Waals surface area contributed by atoms with E-state index in [-0.39, 0.29) is 5.78 Å². The van der Waals surface area contributed by atoms with Gasteiger partial charge in [-0.2, -0.15) is 0 Å². The molecule has 0 unspecified atom stereocenters. The van der Waals surface area contributed by atoms with E-state index in [1.807, 2.05) is 50.5 Å². The van der Waals surface area contributed by atoms with E-state index in [0.717, 1.165) is 30.0 Å². The first-order valence-electron chi connectivity index (χ1n) is 8.33. The Morgan fingerprint density at radius 3 is 2.68 bits per heavy atom. The Bertz CT molecular complexity index is 723. The third-order valence-corrected chi connectivity index (χ3v) is 3.69. The first kappa shape index (κ1) is 18.7. The van der Waals surface area contributed by atoms with Gasteiger partial charge in [-0.1, -0.05) is 30.3 Å². The van der Waals surface area contributed by atoms with E-state index in [1.165, 1.54) is 0 Å². The summed E-state index contributed by atoms with van der Waals surface area (Å²) < 4.78 is 11.0. The average molecular weight is 339 g/mol. The van der Waals surface area contributed by atoms with Crippen LogP contribution in [0.2, 0.25) is 0 Å². The van der Waals surface area contributed by atoms with Crippen molar-refractivity contribution in [1.82, 2.24) is 4.90 Å². The largest absolute Gasteiger partial charge is 0.496 e.